The molecule has 0 fully saturated rings. The Bertz CT molecular complexity index is 1140. The lowest BCUT2D eigenvalue weighted by Gasteiger charge is -2.21. The number of sulfonamides is 1. The van der Waals surface area contributed by atoms with Crippen molar-refractivity contribution in [2.75, 3.05) is 15.9 Å². The van der Waals surface area contributed by atoms with Gasteiger partial charge in [0.2, 0.25) is 10.0 Å². The Labute approximate surface area is 162 Å². The summed E-state index contributed by atoms with van der Waals surface area (Å²) in [6.07, 6.45) is 3.23. The van der Waals surface area contributed by atoms with Crippen molar-refractivity contribution in [2.24, 2.45) is 0 Å². The fourth-order valence-corrected chi connectivity index (χ4v) is 4.72. The van der Waals surface area contributed by atoms with Crippen LogP contribution in [0.25, 0.3) is 5.69 Å². The van der Waals surface area contributed by atoms with E-state index in [-0.39, 0.29) is 11.9 Å². The van der Waals surface area contributed by atoms with Crippen molar-refractivity contribution >= 4 is 27.3 Å². The predicted molar refractivity (Wildman–Crippen MR) is 104 cm³/mol. The first kappa shape index (κ1) is 18.1. The molecule has 144 valence electrons. The van der Waals surface area contributed by atoms with Gasteiger partial charge in [-0.15, -0.1) is 5.10 Å². The first-order valence-electron chi connectivity index (χ1n) is 8.60. The number of anilines is 2. The molecule has 1 N–H and O–H groups in total. The van der Waals surface area contributed by atoms with Crippen LogP contribution in [0.3, 0.4) is 0 Å². The van der Waals surface area contributed by atoms with Gasteiger partial charge in [0.25, 0.3) is 5.91 Å². The van der Waals surface area contributed by atoms with Crippen LogP contribution in [0.5, 0.6) is 0 Å². The van der Waals surface area contributed by atoms with Gasteiger partial charge in [0.15, 0.2) is 0 Å². The number of nitrogens with zero attached hydrogens (tertiary/aromatic N) is 5. The van der Waals surface area contributed by atoms with Gasteiger partial charge in [-0.1, -0.05) is 6.07 Å². The van der Waals surface area contributed by atoms with Crippen LogP contribution < -0.4 is 9.62 Å². The molecule has 10 heteroatoms. The second-order valence-electron chi connectivity index (χ2n) is 6.71. The van der Waals surface area contributed by atoms with Gasteiger partial charge in [0.05, 0.1) is 17.6 Å². The number of hydrogen-bond acceptors (Lipinski definition) is 6. The number of carbonyl (C=O) groups excluding carboxylic acids is 1. The van der Waals surface area contributed by atoms with Crippen molar-refractivity contribution in [3.05, 3.63) is 59.9 Å². The maximum atomic E-state index is 12.7. The van der Waals surface area contributed by atoms with E-state index in [4.69, 9.17) is 0 Å². The molecule has 0 spiro atoms. The molecule has 0 aliphatic carbocycles. The summed E-state index contributed by atoms with van der Waals surface area (Å²) < 4.78 is 26.9. The van der Waals surface area contributed by atoms with Crippen molar-refractivity contribution in [3.8, 4) is 5.69 Å². The molecule has 1 aliphatic heterocycles. The van der Waals surface area contributed by atoms with E-state index in [9.17, 15) is 13.2 Å². The lowest BCUT2D eigenvalue weighted by Crippen LogP contribution is -2.34. The van der Waals surface area contributed by atoms with Crippen molar-refractivity contribution in [2.45, 2.75) is 19.4 Å². The van der Waals surface area contributed by atoms with Crippen molar-refractivity contribution < 1.29 is 13.2 Å². The molecule has 1 aromatic heterocycles. The molecule has 3 aromatic rings. The predicted octanol–water partition coefficient (Wildman–Crippen LogP) is 1.63. The van der Waals surface area contributed by atoms with E-state index >= 15 is 0 Å². The molecular weight excluding hydrogens is 380 g/mol. The maximum absolute atomic E-state index is 12.7. The van der Waals surface area contributed by atoms with Crippen molar-refractivity contribution in [1.29, 1.82) is 0 Å². The fraction of sp³-hybridized carbons (Fsp3) is 0.222. The molecule has 1 amide bonds. The average molecular weight is 398 g/mol. The second kappa shape index (κ2) is 6.71. The minimum absolute atomic E-state index is 0.170. The SMILES string of the molecule is C[C@@H]1Cc2cc(C(=O)Nc3cccc(-n4cnnn4)c3)ccc2N1S(C)(=O)=O. The average Bonchev–Trinajstić information content (AvgIpc) is 3.27. The standard InChI is InChI=1S/C18H18N6O3S/c1-12-8-14-9-13(6-7-17(14)24(12)28(2,26)27)18(25)20-15-4-3-5-16(10-15)23-11-19-21-22-23/h3-7,9-12H,8H2,1-2H3,(H,20,25)/t12-/m1/s1. The van der Waals surface area contributed by atoms with Crippen LogP contribution in [0.2, 0.25) is 0 Å². The van der Waals surface area contributed by atoms with Crippen LogP contribution in [-0.2, 0) is 16.4 Å². The Hall–Kier alpha value is -3.27. The van der Waals surface area contributed by atoms with Gasteiger partial charge in [-0.25, -0.2) is 13.1 Å². The number of carbonyl (C=O) groups is 1. The summed E-state index contributed by atoms with van der Waals surface area (Å²) in [6, 6.07) is 12.0. The molecule has 0 bridgehead atoms. The van der Waals surface area contributed by atoms with Crippen LogP contribution in [-0.4, -0.2) is 46.8 Å². The van der Waals surface area contributed by atoms with Crippen molar-refractivity contribution in [1.82, 2.24) is 20.2 Å². The zero-order valence-corrected chi connectivity index (χ0v) is 16.1. The third-order valence-electron chi connectivity index (χ3n) is 4.57. The third-order valence-corrected chi connectivity index (χ3v) is 5.84. The third kappa shape index (κ3) is 3.33. The van der Waals surface area contributed by atoms with E-state index in [0.29, 0.717) is 23.4 Å². The monoisotopic (exact) mass is 398 g/mol. The van der Waals surface area contributed by atoms with Gasteiger partial charge in [-0.2, -0.15) is 0 Å². The smallest absolute Gasteiger partial charge is 0.255 e. The number of amides is 1. The van der Waals surface area contributed by atoms with E-state index in [1.165, 1.54) is 21.6 Å². The van der Waals surface area contributed by atoms with Crippen LogP contribution in [0.15, 0.2) is 48.8 Å². The van der Waals surface area contributed by atoms with Gasteiger partial charge in [0.1, 0.15) is 6.33 Å². The number of tetrazole rings is 1. The topological polar surface area (TPSA) is 110 Å². The lowest BCUT2D eigenvalue weighted by atomic mass is 10.1. The summed E-state index contributed by atoms with van der Waals surface area (Å²) in [5.41, 5.74) is 3.26. The fourth-order valence-electron chi connectivity index (χ4n) is 3.46. The normalized spacial score (nSPS) is 16.1. The minimum Gasteiger partial charge on any atom is -0.322 e. The molecule has 1 atom stereocenters. The number of nitrogens with one attached hydrogen (secondary N) is 1. The molecule has 0 saturated heterocycles. The molecule has 9 nitrogen and oxygen atoms in total. The van der Waals surface area contributed by atoms with Crippen LogP contribution in [0.4, 0.5) is 11.4 Å². The zero-order valence-electron chi connectivity index (χ0n) is 15.3. The first-order chi connectivity index (χ1) is 13.3. The van der Waals surface area contributed by atoms with Gasteiger partial charge in [-0.3, -0.25) is 9.10 Å². The Balaban J connectivity index is 1.57. The number of fused-ring (bicyclic) bond motifs is 1. The lowest BCUT2D eigenvalue weighted by molar-refractivity contribution is 0.102. The number of rotatable bonds is 4. The van der Waals surface area contributed by atoms with Gasteiger partial charge >= 0.3 is 0 Å². The number of benzene rings is 2. The zero-order chi connectivity index (χ0) is 19.9. The van der Waals surface area contributed by atoms with Crippen molar-refractivity contribution in [3.63, 3.8) is 0 Å². The van der Waals surface area contributed by atoms with Crippen LogP contribution >= 0.6 is 0 Å². The molecule has 1 aliphatic rings. The molecule has 0 unspecified atom stereocenters. The Morgan fingerprint density at radius 1 is 1.21 bits per heavy atom. The van der Waals surface area contributed by atoms with E-state index in [0.717, 1.165) is 11.3 Å². The molecular formula is C18H18N6O3S. The highest BCUT2D eigenvalue weighted by Gasteiger charge is 2.32. The van der Waals surface area contributed by atoms with Gasteiger partial charge in [0, 0.05) is 17.3 Å². The van der Waals surface area contributed by atoms with Crippen LogP contribution in [0.1, 0.15) is 22.8 Å². The van der Waals surface area contributed by atoms with E-state index in [1.54, 1.807) is 36.4 Å². The molecule has 2 aromatic carbocycles. The Morgan fingerprint density at radius 3 is 2.75 bits per heavy atom. The largest absolute Gasteiger partial charge is 0.322 e. The summed E-state index contributed by atoms with van der Waals surface area (Å²) in [5, 5.41) is 13.9. The Morgan fingerprint density at radius 2 is 2.04 bits per heavy atom. The van der Waals surface area contributed by atoms with E-state index in [1.807, 2.05) is 13.0 Å². The molecule has 28 heavy (non-hydrogen) atoms. The summed E-state index contributed by atoms with van der Waals surface area (Å²) in [5.74, 6) is -0.276. The maximum Gasteiger partial charge on any atom is 0.255 e. The van der Waals surface area contributed by atoms with Gasteiger partial charge in [-0.05, 0) is 65.7 Å². The Kier molecular flexibility index (Phi) is 4.34. The summed E-state index contributed by atoms with van der Waals surface area (Å²) in [7, 11) is -3.36. The number of hydrogen-bond donors (Lipinski definition) is 1. The first-order valence-corrected chi connectivity index (χ1v) is 10.4. The van der Waals surface area contributed by atoms with Crippen LogP contribution in [0, 0.1) is 0 Å². The van der Waals surface area contributed by atoms with E-state index < -0.39 is 10.0 Å². The minimum atomic E-state index is -3.36. The molecule has 0 saturated carbocycles. The summed E-state index contributed by atoms with van der Waals surface area (Å²) in [6.45, 7) is 1.85. The highest BCUT2D eigenvalue weighted by atomic mass is 32.2. The molecule has 2 heterocycles. The number of aromatic nitrogens is 4. The van der Waals surface area contributed by atoms with Gasteiger partial charge < -0.3 is 5.32 Å². The van der Waals surface area contributed by atoms with E-state index in [2.05, 4.69) is 20.8 Å². The summed E-state index contributed by atoms with van der Waals surface area (Å²) in [4.78, 5) is 12.7. The highest BCUT2D eigenvalue weighted by Crippen LogP contribution is 2.34. The second-order valence-corrected chi connectivity index (χ2v) is 8.57. The molecule has 0 radical (unpaired) electrons. The highest BCUT2D eigenvalue weighted by molar-refractivity contribution is 7.92. The quantitative estimate of drug-likeness (QED) is 0.715. The summed E-state index contributed by atoms with van der Waals surface area (Å²) >= 11 is 0. The molecule has 4 rings (SSSR count).